The minimum absolute atomic E-state index is 0.0838. The molecule has 0 radical (unpaired) electrons. The second-order valence-electron chi connectivity index (χ2n) is 5.82. The highest BCUT2D eigenvalue weighted by Gasteiger charge is 2.60. The Morgan fingerprint density at radius 1 is 1.38 bits per heavy atom. The number of carbonyl (C=O) groups excluding carboxylic acids is 1. The molecule has 1 aliphatic rings. The molecule has 1 heterocycles. The third-order valence-electron chi connectivity index (χ3n) is 4.19. The van der Waals surface area contributed by atoms with Gasteiger partial charge in [0, 0.05) is 19.5 Å². The number of nitrogens with zero attached hydrogens (tertiary/aromatic N) is 3. The number of carbonyl (C=O) groups is 1. The Bertz CT molecular complexity index is 469. The van der Waals surface area contributed by atoms with Gasteiger partial charge in [0.15, 0.2) is 0 Å². The van der Waals surface area contributed by atoms with Gasteiger partial charge in [0.2, 0.25) is 12.0 Å². The van der Waals surface area contributed by atoms with Gasteiger partial charge in [0.25, 0.3) is 0 Å². The first-order valence-electron chi connectivity index (χ1n) is 8.19. The van der Waals surface area contributed by atoms with E-state index in [1.165, 1.54) is 0 Å². The minimum atomic E-state index is -2.53. The molecule has 0 aromatic heterocycles. The van der Waals surface area contributed by atoms with Crippen molar-refractivity contribution >= 4 is 17.6 Å². The number of methoxy groups -OCH3 is 1. The number of ether oxygens (including phenoxy) is 2. The number of amides is 2. The van der Waals surface area contributed by atoms with Crippen LogP contribution in [0.3, 0.4) is 0 Å². The van der Waals surface area contributed by atoms with E-state index in [1.807, 2.05) is 6.92 Å². The van der Waals surface area contributed by atoms with Gasteiger partial charge in [-0.1, -0.05) is 13.3 Å². The molecule has 0 spiro atoms. The van der Waals surface area contributed by atoms with Gasteiger partial charge in [0.1, 0.15) is 18.3 Å². The number of nitroso groups, excluding NO2 is 1. The summed E-state index contributed by atoms with van der Waals surface area (Å²) in [5, 5.41) is 44.1. The lowest BCUT2D eigenvalue weighted by Gasteiger charge is -2.52. The van der Waals surface area contributed by atoms with E-state index in [4.69, 9.17) is 21.1 Å². The molecule has 1 saturated heterocycles. The molecule has 1 rings (SSSR count). The first kappa shape index (κ1) is 23.0. The summed E-state index contributed by atoms with van der Waals surface area (Å²) in [7, 11) is 1.16. The van der Waals surface area contributed by atoms with E-state index in [1.54, 1.807) is 0 Å². The monoisotopic (exact) mass is 399 g/mol. The second-order valence-corrected chi connectivity index (χ2v) is 6.20. The zero-order valence-corrected chi connectivity index (χ0v) is 15.4. The lowest BCUT2D eigenvalue weighted by Crippen LogP contribution is -2.75. The van der Waals surface area contributed by atoms with E-state index in [-0.39, 0.29) is 19.0 Å². The maximum atomic E-state index is 12.7. The van der Waals surface area contributed by atoms with E-state index in [9.17, 15) is 30.1 Å². The molecular formula is C14H26ClN3O8. The first-order chi connectivity index (χ1) is 12.3. The molecule has 4 N–H and O–H groups in total. The number of aliphatic hydroxyl groups excluding tert-OH is 3. The van der Waals surface area contributed by atoms with E-state index >= 15 is 0 Å². The highest BCUT2D eigenvalue weighted by atomic mass is 35.5. The lowest BCUT2D eigenvalue weighted by atomic mass is 9.91. The first-order valence-corrected chi connectivity index (χ1v) is 8.72. The SMILES string of the molecule is CCCCN(C(=O)N(CCCl)N=O)[C@@]1(O)C(OC)O[C@H](CO)[C@@H](O)[C@@H]1O. The van der Waals surface area contributed by atoms with Crippen LogP contribution in [0, 0.1) is 4.91 Å². The molecule has 152 valence electrons. The molecule has 1 aliphatic heterocycles. The predicted molar refractivity (Wildman–Crippen MR) is 90.0 cm³/mol. The van der Waals surface area contributed by atoms with E-state index in [0.29, 0.717) is 17.9 Å². The third kappa shape index (κ3) is 4.42. The van der Waals surface area contributed by atoms with Crippen molar-refractivity contribution in [2.75, 3.05) is 32.7 Å². The maximum Gasteiger partial charge on any atom is 0.345 e. The highest BCUT2D eigenvalue weighted by molar-refractivity contribution is 6.18. The third-order valence-corrected chi connectivity index (χ3v) is 4.36. The van der Waals surface area contributed by atoms with Gasteiger partial charge in [-0.3, -0.25) is 4.90 Å². The number of halogens is 1. The molecule has 0 saturated carbocycles. The Labute approximate surface area is 156 Å². The van der Waals surface area contributed by atoms with Crippen LogP contribution in [0.25, 0.3) is 0 Å². The summed E-state index contributed by atoms with van der Waals surface area (Å²) in [5.41, 5.74) is -2.53. The van der Waals surface area contributed by atoms with Crippen LogP contribution >= 0.6 is 11.6 Å². The predicted octanol–water partition coefficient (Wildman–Crippen LogP) is -0.795. The summed E-state index contributed by atoms with van der Waals surface area (Å²) in [6, 6.07) is -1.03. The molecule has 12 heteroatoms. The van der Waals surface area contributed by atoms with Crippen LogP contribution in [0.15, 0.2) is 5.29 Å². The summed E-state index contributed by atoms with van der Waals surface area (Å²) in [6.45, 7) is 0.876. The molecule has 11 nitrogen and oxygen atoms in total. The molecule has 1 fully saturated rings. The maximum absolute atomic E-state index is 12.7. The molecule has 26 heavy (non-hydrogen) atoms. The Hall–Kier alpha value is -1.08. The van der Waals surface area contributed by atoms with Gasteiger partial charge >= 0.3 is 6.03 Å². The lowest BCUT2D eigenvalue weighted by molar-refractivity contribution is -0.368. The average Bonchev–Trinajstić information content (AvgIpc) is 2.64. The number of rotatable bonds is 9. The van der Waals surface area contributed by atoms with Crippen molar-refractivity contribution < 1.29 is 34.7 Å². The Morgan fingerprint density at radius 3 is 2.50 bits per heavy atom. The van der Waals surface area contributed by atoms with Crippen LogP contribution in [-0.4, -0.2) is 99.4 Å². The van der Waals surface area contributed by atoms with Crippen LogP contribution in [0.4, 0.5) is 4.79 Å². The van der Waals surface area contributed by atoms with Crippen LogP contribution in [0.2, 0.25) is 0 Å². The fourth-order valence-electron chi connectivity index (χ4n) is 2.74. The van der Waals surface area contributed by atoms with Crippen LogP contribution in [-0.2, 0) is 9.47 Å². The van der Waals surface area contributed by atoms with Crippen molar-refractivity contribution in [1.82, 2.24) is 9.91 Å². The summed E-state index contributed by atoms with van der Waals surface area (Å²) < 4.78 is 10.3. The van der Waals surface area contributed by atoms with Crippen LogP contribution in [0.1, 0.15) is 19.8 Å². The normalized spacial score (nSPS) is 31.5. The topological polar surface area (TPSA) is 152 Å². The number of unbranched alkanes of at least 4 members (excludes halogenated alkanes) is 1. The van der Waals surface area contributed by atoms with Gasteiger partial charge in [-0.25, -0.2) is 4.79 Å². The van der Waals surface area contributed by atoms with Gasteiger partial charge in [-0.05, 0) is 6.42 Å². The van der Waals surface area contributed by atoms with E-state index < -0.39 is 43.0 Å². The van der Waals surface area contributed by atoms with Crippen LogP contribution < -0.4 is 0 Å². The van der Waals surface area contributed by atoms with Gasteiger partial charge in [-0.15, -0.1) is 16.5 Å². The van der Waals surface area contributed by atoms with E-state index in [2.05, 4.69) is 5.29 Å². The smallest absolute Gasteiger partial charge is 0.345 e. The summed E-state index contributed by atoms with van der Waals surface area (Å²) in [6.07, 6.45) is -5.45. The van der Waals surface area contributed by atoms with Crippen molar-refractivity contribution in [3.05, 3.63) is 4.91 Å². The zero-order chi connectivity index (χ0) is 19.9. The number of urea groups is 1. The Morgan fingerprint density at radius 2 is 2.04 bits per heavy atom. The standard InChI is InChI=1S/C14H26ClN3O8/c1-3-4-6-17(13(22)18(16-24)7-5-15)14(23)11(21)10(20)9(8-19)26-12(14)25-2/h9-12,19-21,23H,3-8H2,1-2H3/t9-,10-,11+,12?,14+/m1/s1. The van der Waals surface area contributed by atoms with Crippen molar-refractivity contribution in [1.29, 1.82) is 0 Å². The average molecular weight is 400 g/mol. The molecular weight excluding hydrogens is 374 g/mol. The van der Waals surface area contributed by atoms with Crippen molar-refractivity contribution in [3.63, 3.8) is 0 Å². The summed E-state index contributed by atoms with van der Waals surface area (Å²) >= 11 is 5.55. The molecule has 0 aliphatic carbocycles. The van der Waals surface area contributed by atoms with E-state index in [0.717, 1.165) is 12.0 Å². The van der Waals surface area contributed by atoms with Crippen molar-refractivity contribution in [2.24, 2.45) is 5.29 Å². The minimum Gasteiger partial charge on any atom is -0.394 e. The van der Waals surface area contributed by atoms with Gasteiger partial charge in [0.05, 0.1) is 18.4 Å². The molecule has 0 bridgehead atoms. The quantitative estimate of drug-likeness (QED) is 0.170. The molecule has 2 amide bonds. The van der Waals surface area contributed by atoms with Gasteiger partial charge < -0.3 is 29.9 Å². The molecule has 5 atom stereocenters. The molecule has 0 aromatic rings. The number of hydrogen-bond acceptors (Lipinski definition) is 9. The number of alkyl halides is 1. The number of hydrogen-bond donors (Lipinski definition) is 4. The summed E-state index contributed by atoms with van der Waals surface area (Å²) in [5.74, 6) is -0.0838. The van der Waals surface area contributed by atoms with Crippen molar-refractivity contribution in [3.8, 4) is 0 Å². The summed E-state index contributed by atoms with van der Waals surface area (Å²) in [4.78, 5) is 24.5. The van der Waals surface area contributed by atoms with Crippen LogP contribution in [0.5, 0.6) is 0 Å². The Kier molecular flexibility index (Phi) is 9.10. The number of aliphatic hydroxyl groups is 4. The van der Waals surface area contributed by atoms with Crippen molar-refractivity contribution in [2.45, 2.75) is 50.1 Å². The largest absolute Gasteiger partial charge is 0.394 e. The zero-order valence-electron chi connectivity index (χ0n) is 14.7. The molecule has 0 aromatic carbocycles. The molecule has 1 unspecified atom stereocenters. The van der Waals surface area contributed by atoms with Gasteiger partial charge in [-0.2, -0.15) is 5.01 Å². The second kappa shape index (κ2) is 10.3. The Balaban J connectivity index is 3.30. The fourth-order valence-corrected chi connectivity index (χ4v) is 2.90. The fraction of sp³-hybridized carbons (Fsp3) is 0.929. The highest BCUT2D eigenvalue weighted by Crippen LogP contribution is 2.34.